The number of carbonyl (C=O) groups is 2. The minimum absolute atomic E-state index is 0.164. The maximum absolute atomic E-state index is 11.5. The van der Waals surface area contributed by atoms with Crippen LogP contribution in [0.4, 0.5) is 0 Å². The topological polar surface area (TPSA) is 84.6 Å². The van der Waals surface area contributed by atoms with Crippen molar-refractivity contribution >= 4 is 17.9 Å². The van der Waals surface area contributed by atoms with Crippen molar-refractivity contribution in [2.45, 2.75) is 0 Å². The molecule has 0 saturated heterocycles. The maximum Gasteiger partial charge on any atom is 0.271 e. The van der Waals surface area contributed by atoms with Gasteiger partial charge in [-0.15, -0.1) is 0 Å². The van der Waals surface area contributed by atoms with Crippen molar-refractivity contribution in [1.82, 2.24) is 10.4 Å². The molecule has 0 aliphatic carbocycles. The van der Waals surface area contributed by atoms with Gasteiger partial charge in [0, 0.05) is 18.0 Å². The van der Waals surface area contributed by atoms with Crippen LogP contribution in [-0.4, -0.2) is 22.9 Å². The number of hydrogen-bond acceptors (Lipinski definition) is 5. The van der Waals surface area contributed by atoms with Gasteiger partial charge in [-0.1, -0.05) is 0 Å². The number of amides is 1. The number of rotatable bonds is 4. The van der Waals surface area contributed by atoms with E-state index in [-0.39, 0.29) is 5.76 Å². The fourth-order valence-corrected chi connectivity index (χ4v) is 1.20. The van der Waals surface area contributed by atoms with E-state index in [2.05, 4.69) is 15.5 Å². The number of hydrazone groups is 1. The summed E-state index contributed by atoms with van der Waals surface area (Å²) in [5.41, 5.74) is 2.64. The molecule has 0 aliphatic heterocycles. The zero-order valence-corrected chi connectivity index (χ0v) is 9.24. The van der Waals surface area contributed by atoms with Crippen LogP contribution in [0.1, 0.15) is 20.9 Å². The summed E-state index contributed by atoms with van der Waals surface area (Å²) in [5.74, 6) is -0.673. The highest BCUT2D eigenvalue weighted by atomic mass is 16.3. The number of carbonyl (C=O) groups excluding carboxylic acids is 2. The molecule has 2 aromatic heterocycles. The van der Waals surface area contributed by atoms with Crippen molar-refractivity contribution in [3.63, 3.8) is 0 Å². The number of hydrogen-bond donors (Lipinski definition) is 1. The molecule has 0 atom stereocenters. The summed E-state index contributed by atoms with van der Waals surface area (Å²) in [5, 5.41) is 3.55. The molecule has 6 heteroatoms. The zero-order valence-electron chi connectivity index (χ0n) is 9.24. The molecule has 0 saturated carbocycles. The summed E-state index contributed by atoms with van der Waals surface area (Å²) in [7, 11) is 0. The molecule has 0 spiro atoms. The standard InChI is InChI=1S/C12H9N3O3/c16-10(11-2-1-7-18-11)8-14-15-12(17)9-3-5-13-6-4-9/h1-8H,(H,15,17). The molecule has 0 aliphatic rings. The van der Waals surface area contributed by atoms with E-state index in [1.54, 1.807) is 18.2 Å². The highest BCUT2D eigenvalue weighted by Gasteiger charge is 2.06. The first-order valence-electron chi connectivity index (χ1n) is 5.08. The van der Waals surface area contributed by atoms with E-state index in [4.69, 9.17) is 4.42 Å². The van der Waals surface area contributed by atoms with Gasteiger partial charge in [-0.25, -0.2) is 5.43 Å². The zero-order chi connectivity index (χ0) is 12.8. The molecule has 1 N–H and O–H groups in total. The molecule has 0 bridgehead atoms. The number of nitrogens with one attached hydrogen (secondary N) is 1. The van der Waals surface area contributed by atoms with E-state index in [1.165, 1.54) is 24.7 Å². The Morgan fingerprint density at radius 3 is 2.72 bits per heavy atom. The molecule has 2 heterocycles. The first-order valence-corrected chi connectivity index (χ1v) is 5.08. The van der Waals surface area contributed by atoms with Crippen molar-refractivity contribution in [1.29, 1.82) is 0 Å². The third-order valence-electron chi connectivity index (χ3n) is 2.05. The number of aromatic nitrogens is 1. The molecular formula is C12H9N3O3. The Kier molecular flexibility index (Phi) is 3.60. The maximum atomic E-state index is 11.5. The minimum atomic E-state index is -0.421. The number of nitrogens with zero attached hydrogens (tertiary/aromatic N) is 2. The third kappa shape index (κ3) is 2.88. The fraction of sp³-hybridized carbons (Fsp3) is 0. The molecule has 6 nitrogen and oxygen atoms in total. The Balaban J connectivity index is 1.92. The lowest BCUT2D eigenvalue weighted by Crippen LogP contribution is -2.18. The van der Waals surface area contributed by atoms with E-state index >= 15 is 0 Å². The average Bonchev–Trinajstić information content (AvgIpc) is 2.93. The number of pyridine rings is 1. The van der Waals surface area contributed by atoms with Crippen LogP contribution in [-0.2, 0) is 0 Å². The summed E-state index contributed by atoms with van der Waals surface area (Å²) in [6, 6.07) is 6.19. The second kappa shape index (κ2) is 5.53. The molecule has 1 amide bonds. The van der Waals surface area contributed by atoms with Gasteiger partial charge < -0.3 is 4.42 Å². The predicted octanol–water partition coefficient (Wildman–Crippen LogP) is 1.27. The molecule has 90 valence electrons. The van der Waals surface area contributed by atoms with Crippen LogP contribution in [0, 0.1) is 0 Å². The van der Waals surface area contributed by atoms with Gasteiger partial charge in [0.1, 0.15) is 0 Å². The second-order valence-electron chi connectivity index (χ2n) is 3.28. The van der Waals surface area contributed by atoms with Gasteiger partial charge in [0.25, 0.3) is 5.91 Å². The molecular weight excluding hydrogens is 234 g/mol. The van der Waals surface area contributed by atoms with Gasteiger partial charge in [-0.05, 0) is 24.3 Å². The van der Waals surface area contributed by atoms with E-state index in [0.29, 0.717) is 5.56 Å². The lowest BCUT2D eigenvalue weighted by molar-refractivity contribution is 0.0955. The van der Waals surface area contributed by atoms with Gasteiger partial charge in [0.15, 0.2) is 5.76 Å². The molecule has 18 heavy (non-hydrogen) atoms. The smallest absolute Gasteiger partial charge is 0.271 e. The quantitative estimate of drug-likeness (QED) is 0.498. The van der Waals surface area contributed by atoms with Crippen LogP contribution >= 0.6 is 0 Å². The fourth-order valence-electron chi connectivity index (χ4n) is 1.20. The first-order chi connectivity index (χ1) is 8.77. The molecule has 0 unspecified atom stereocenters. The second-order valence-corrected chi connectivity index (χ2v) is 3.28. The number of ketones is 1. The average molecular weight is 243 g/mol. The minimum Gasteiger partial charge on any atom is -0.461 e. The first kappa shape index (κ1) is 11.7. The molecule has 0 radical (unpaired) electrons. The van der Waals surface area contributed by atoms with Crippen LogP contribution in [0.25, 0.3) is 0 Å². The monoisotopic (exact) mass is 243 g/mol. The third-order valence-corrected chi connectivity index (χ3v) is 2.05. The Labute approximate surface area is 102 Å². The van der Waals surface area contributed by atoms with E-state index < -0.39 is 11.7 Å². The summed E-state index contributed by atoms with van der Waals surface area (Å²) < 4.78 is 4.88. The van der Waals surface area contributed by atoms with Gasteiger partial charge in [0.05, 0.1) is 12.5 Å². The number of furan rings is 1. The number of Topliss-reactive ketones (excluding diaryl/α,β-unsaturated/α-hetero) is 1. The van der Waals surface area contributed by atoms with Gasteiger partial charge >= 0.3 is 0 Å². The van der Waals surface area contributed by atoms with E-state index in [0.717, 1.165) is 6.21 Å². The van der Waals surface area contributed by atoms with E-state index in [9.17, 15) is 9.59 Å². The predicted molar refractivity (Wildman–Crippen MR) is 63.2 cm³/mol. The van der Waals surface area contributed by atoms with Crippen LogP contribution in [0.5, 0.6) is 0 Å². The van der Waals surface area contributed by atoms with Gasteiger partial charge in [-0.3, -0.25) is 14.6 Å². The SMILES string of the molecule is O=C(NN=CC(=O)c1ccco1)c1ccncc1. The highest BCUT2D eigenvalue weighted by molar-refractivity contribution is 6.34. The molecule has 0 fully saturated rings. The van der Waals surface area contributed by atoms with Crippen LogP contribution in [0.15, 0.2) is 52.4 Å². The molecule has 2 aromatic rings. The Morgan fingerprint density at radius 2 is 2.06 bits per heavy atom. The summed E-state index contributed by atoms with van der Waals surface area (Å²) >= 11 is 0. The van der Waals surface area contributed by atoms with Crippen molar-refractivity contribution in [3.8, 4) is 0 Å². The normalized spacial score (nSPS) is 10.4. The van der Waals surface area contributed by atoms with Gasteiger partial charge in [0.2, 0.25) is 5.78 Å². The van der Waals surface area contributed by atoms with Crippen molar-refractivity contribution in [3.05, 3.63) is 54.2 Å². The van der Waals surface area contributed by atoms with Crippen molar-refractivity contribution in [2.75, 3.05) is 0 Å². The van der Waals surface area contributed by atoms with Crippen LogP contribution in [0.3, 0.4) is 0 Å². The van der Waals surface area contributed by atoms with Crippen molar-refractivity contribution in [2.24, 2.45) is 5.10 Å². The lowest BCUT2D eigenvalue weighted by atomic mass is 10.3. The lowest BCUT2D eigenvalue weighted by Gasteiger charge is -1.97. The summed E-state index contributed by atoms with van der Waals surface area (Å²) in [4.78, 5) is 26.7. The molecule has 0 aromatic carbocycles. The highest BCUT2D eigenvalue weighted by Crippen LogP contribution is 1.99. The van der Waals surface area contributed by atoms with Crippen molar-refractivity contribution < 1.29 is 14.0 Å². The largest absolute Gasteiger partial charge is 0.461 e. The van der Waals surface area contributed by atoms with Crippen LogP contribution < -0.4 is 5.43 Å². The van der Waals surface area contributed by atoms with Crippen LogP contribution in [0.2, 0.25) is 0 Å². The van der Waals surface area contributed by atoms with E-state index in [1.807, 2.05) is 0 Å². The summed E-state index contributed by atoms with van der Waals surface area (Å²) in [6.07, 6.45) is 5.35. The summed E-state index contributed by atoms with van der Waals surface area (Å²) in [6.45, 7) is 0. The Hall–Kier alpha value is -2.76. The Bertz CT molecular complexity index is 562. The Morgan fingerprint density at radius 1 is 1.28 bits per heavy atom. The molecule has 2 rings (SSSR count). The van der Waals surface area contributed by atoms with Gasteiger partial charge in [-0.2, -0.15) is 5.10 Å².